The molecule has 142 valence electrons. The monoisotopic (exact) mass is 517 g/mol. The third-order valence-corrected chi connectivity index (χ3v) is 5.59. The van der Waals surface area contributed by atoms with Crippen molar-refractivity contribution in [2.24, 2.45) is 0 Å². The van der Waals surface area contributed by atoms with Crippen LogP contribution in [0.1, 0.15) is 13.3 Å². The highest BCUT2D eigenvalue weighted by Crippen LogP contribution is 2.24. The molecule has 0 aliphatic rings. The summed E-state index contributed by atoms with van der Waals surface area (Å²) in [5.41, 5.74) is 0. The first-order valence-electron chi connectivity index (χ1n) is 8.17. The fourth-order valence-electron chi connectivity index (χ4n) is 2.13. The Bertz CT molecular complexity index is 528. The molecule has 0 bridgehead atoms. The van der Waals surface area contributed by atoms with Crippen LogP contribution >= 0.6 is 58.0 Å². The predicted octanol–water partition coefficient (Wildman–Crippen LogP) is 4.32. The fourth-order valence-corrected chi connectivity index (χ4v) is 3.48. The van der Waals surface area contributed by atoms with Gasteiger partial charge in [-0.2, -0.15) is 0 Å². The molecule has 0 amide bonds. The molecule has 1 unspecified atom stereocenters. The minimum absolute atomic E-state index is 0.376. The number of halogens is 3. The van der Waals surface area contributed by atoms with Gasteiger partial charge in [0.25, 0.3) is 0 Å². The maximum atomic E-state index is 5.98. The number of thiocarbonyl (C=S) groups is 1. The smallest absolute Gasteiger partial charge is 0.169 e. The van der Waals surface area contributed by atoms with Gasteiger partial charge in [-0.3, -0.25) is 0 Å². The van der Waals surface area contributed by atoms with Crippen molar-refractivity contribution in [2.45, 2.75) is 19.4 Å². The molecule has 0 radical (unpaired) electrons. The number of nitrogens with one attached hydrogen (secondary N) is 1. The topological polar surface area (TPSA) is 27.7 Å². The van der Waals surface area contributed by atoms with Crippen LogP contribution in [0.25, 0.3) is 0 Å². The number of likely N-dealkylation sites (N-methyl/N-ethyl adjacent to an activating group) is 1. The van der Waals surface area contributed by atoms with Crippen molar-refractivity contribution in [2.75, 3.05) is 44.8 Å². The van der Waals surface area contributed by atoms with Crippen LogP contribution in [-0.2, 0) is 0 Å². The lowest BCUT2D eigenvalue weighted by Gasteiger charge is -2.31. The molecule has 4 nitrogen and oxygen atoms in total. The summed E-state index contributed by atoms with van der Waals surface area (Å²) >= 11 is 19.9. The van der Waals surface area contributed by atoms with Gasteiger partial charge in [0.1, 0.15) is 5.75 Å². The van der Waals surface area contributed by atoms with Crippen LogP contribution in [0, 0.1) is 0 Å². The van der Waals surface area contributed by atoms with Crippen molar-refractivity contribution in [1.29, 1.82) is 0 Å². The Kier molecular flexibility index (Phi) is 11.4. The summed E-state index contributed by atoms with van der Waals surface area (Å²) in [5, 5.41) is 5.30. The van der Waals surface area contributed by atoms with E-state index in [0.717, 1.165) is 35.6 Å². The van der Waals surface area contributed by atoms with E-state index in [1.165, 1.54) is 0 Å². The lowest BCUT2D eigenvalue weighted by Crippen LogP contribution is -2.47. The molecule has 0 fully saturated rings. The fraction of sp³-hybridized carbons (Fsp3) is 0.588. The number of hydrogen-bond acceptors (Lipinski definition) is 3. The van der Waals surface area contributed by atoms with Gasteiger partial charge in [0.05, 0.1) is 6.61 Å². The minimum Gasteiger partial charge on any atom is -0.493 e. The Morgan fingerprint density at radius 3 is 2.44 bits per heavy atom. The zero-order valence-corrected chi connectivity index (χ0v) is 19.4. The summed E-state index contributed by atoms with van der Waals surface area (Å²) in [6.07, 6.45) is 0.862. The Labute approximate surface area is 180 Å². The maximum absolute atomic E-state index is 5.98. The molecule has 1 aromatic carbocycles. The van der Waals surface area contributed by atoms with E-state index in [4.69, 9.17) is 40.2 Å². The van der Waals surface area contributed by atoms with E-state index >= 15 is 0 Å². The number of benzene rings is 1. The van der Waals surface area contributed by atoms with Crippen LogP contribution in [0.4, 0.5) is 0 Å². The second-order valence-corrected chi connectivity index (χ2v) is 8.18. The van der Waals surface area contributed by atoms with Crippen molar-refractivity contribution in [3.05, 3.63) is 28.2 Å². The highest BCUT2D eigenvalue weighted by Gasteiger charge is 2.15. The first-order chi connectivity index (χ1) is 11.8. The van der Waals surface area contributed by atoms with Gasteiger partial charge in [-0.25, -0.2) is 0 Å². The molecule has 0 heterocycles. The SMILES string of the molecule is CC(CI)N(CCCOc1cc(Cl)cc(Cl)c1)C(=S)NCCN(C)C. The van der Waals surface area contributed by atoms with Crippen molar-refractivity contribution >= 4 is 63.1 Å². The van der Waals surface area contributed by atoms with Gasteiger partial charge in [-0.15, -0.1) is 0 Å². The van der Waals surface area contributed by atoms with E-state index in [2.05, 4.69) is 58.7 Å². The Morgan fingerprint density at radius 2 is 1.88 bits per heavy atom. The first kappa shape index (κ1) is 23.0. The summed E-state index contributed by atoms with van der Waals surface area (Å²) in [6.45, 7) is 5.40. The quantitative estimate of drug-likeness (QED) is 0.216. The minimum atomic E-state index is 0.376. The Morgan fingerprint density at radius 1 is 1.24 bits per heavy atom. The first-order valence-corrected chi connectivity index (χ1v) is 10.9. The number of alkyl halides is 1. The molecule has 0 aromatic heterocycles. The van der Waals surface area contributed by atoms with Crippen LogP contribution in [-0.4, -0.2) is 65.7 Å². The summed E-state index contributed by atoms with van der Waals surface area (Å²) in [4.78, 5) is 4.36. The largest absolute Gasteiger partial charge is 0.493 e. The third-order valence-electron chi connectivity index (χ3n) is 3.50. The van der Waals surface area contributed by atoms with Gasteiger partial charge in [0, 0.05) is 40.1 Å². The maximum Gasteiger partial charge on any atom is 0.169 e. The summed E-state index contributed by atoms with van der Waals surface area (Å²) < 4.78 is 6.77. The van der Waals surface area contributed by atoms with E-state index < -0.39 is 0 Å². The number of hydrogen-bond donors (Lipinski definition) is 1. The van der Waals surface area contributed by atoms with E-state index in [1.54, 1.807) is 18.2 Å². The molecule has 1 aromatic rings. The third kappa shape index (κ3) is 9.47. The van der Waals surface area contributed by atoms with E-state index in [-0.39, 0.29) is 0 Å². The van der Waals surface area contributed by atoms with Crippen molar-refractivity contribution in [3.8, 4) is 5.75 Å². The van der Waals surface area contributed by atoms with E-state index in [9.17, 15) is 0 Å². The zero-order valence-electron chi connectivity index (χ0n) is 14.9. The van der Waals surface area contributed by atoms with Gasteiger partial charge in [0.15, 0.2) is 5.11 Å². The summed E-state index contributed by atoms with van der Waals surface area (Å²) in [6, 6.07) is 5.61. The normalized spacial score (nSPS) is 12.1. The van der Waals surface area contributed by atoms with Gasteiger partial charge in [-0.05, 0) is 57.9 Å². The van der Waals surface area contributed by atoms with Crippen molar-refractivity contribution in [3.63, 3.8) is 0 Å². The second kappa shape index (κ2) is 12.4. The van der Waals surface area contributed by atoms with Crippen LogP contribution < -0.4 is 10.1 Å². The van der Waals surface area contributed by atoms with Gasteiger partial charge >= 0.3 is 0 Å². The van der Waals surface area contributed by atoms with Gasteiger partial charge < -0.3 is 19.9 Å². The standard InChI is InChI=1S/C17H26Cl2IN3OS/c1-13(12-20)23(17(25)21-5-7-22(2)3)6-4-8-24-16-10-14(18)9-15(19)11-16/h9-11,13H,4-8,12H2,1-3H3,(H,21,25). The van der Waals surface area contributed by atoms with Gasteiger partial charge in [-0.1, -0.05) is 45.8 Å². The molecule has 8 heteroatoms. The van der Waals surface area contributed by atoms with Crippen LogP contribution in [0.5, 0.6) is 5.75 Å². The van der Waals surface area contributed by atoms with Crippen molar-refractivity contribution in [1.82, 2.24) is 15.1 Å². The molecular weight excluding hydrogens is 492 g/mol. The highest BCUT2D eigenvalue weighted by atomic mass is 127. The van der Waals surface area contributed by atoms with Crippen LogP contribution in [0.2, 0.25) is 10.0 Å². The zero-order chi connectivity index (χ0) is 18.8. The average molecular weight is 518 g/mol. The summed E-state index contributed by atoms with van der Waals surface area (Å²) in [7, 11) is 4.10. The molecule has 1 N–H and O–H groups in total. The van der Waals surface area contributed by atoms with Crippen LogP contribution in [0.15, 0.2) is 18.2 Å². The lowest BCUT2D eigenvalue weighted by atomic mass is 10.3. The number of ether oxygens (including phenoxy) is 1. The van der Waals surface area contributed by atoms with E-state index in [1.807, 2.05) is 0 Å². The molecule has 0 aliphatic carbocycles. The average Bonchev–Trinajstić information content (AvgIpc) is 2.52. The summed E-state index contributed by atoms with van der Waals surface area (Å²) in [5.74, 6) is 0.692. The van der Waals surface area contributed by atoms with Crippen molar-refractivity contribution < 1.29 is 4.74 Å². The molecule has 0 aliphatic heterocycles. The second-order valence-electron chi connectivity index (χ2n) is 6.04. The lowest BCUT2D eigenvalue weighted by molar-refractivity contribution is 0.270. The molecular formula is C17H26Cl2IN3OS. The Hall–Kier alpha value is -0.0200. The Balaban J connectivity index is 2.45. The highest BCUT2D eigenvalue weighted by molar-refractivity contribution is 14.1. The molecule has 0 spiro atoms. The molecule has 1 rings (SSSR count). The molecule has 25 heavy (non-hydrogen) atoms. The number of nitrogens with zero attached hydrogens (tertiary/aromatic N) is 2. The predicted molar refractivity (Wildman–Crippen MR) is 121 cm³/mol. The molecule has 1 atom stereocenters. The van der Waals surface area contributed by atoms with Crippen LogP contribution in [0.3, 0.4) is 0 Å². The molecule has 0 saturated heterocycles. The van der Waals surface area contributed by atoms with E-state index in [0.29, 0.717) is 28.4 Å². The van der Waals surface area contributed by atoms with Gasteiger partial charge in [0.2, 0.25) is 0 Å². The molecule has 0 saturated carbocycles. The number of rotatable bonds is 10.